The molecule has 1 aromatic carbocycles. The van der Waals surface area contributed by atoms with Gasteiger partial charge in [0.2, 0.25) is 0 Å². The Balaban J connectivity index is 3.27. The van der Waals surface area contributed by atoms with Gasteiger partial charge in [0.15, 0.2) is 6.29 Å². The highest BCUT2D eigenvalue weighted by Crippen LogP contribution is 2.31. The predicted molar refractivity (Wildman–Crippen MR) is 52.8 cm³/mol. The van der Waals surface area contributed by atoms with Gasteiger partial charge in [-0.1, -0.05) is 11.8 Å². The van der Waals surface area contributed by atoms with Crippen molar-refractivity contribution in [3.63, 3.8) is 0 Å². The smallest absolute Gasteiger partial charge is 0.320 e. The normalized spacial score (nSPS) is 10.5. The first kappa shape index (κ1) is 12.3. The summed E-state index contributed by atoms with van der Waals surface area (Å²) in [5.41, 5.74) is 3.91. The zero-order chi connectivity index (χ0) is 12.2. The van der Waals surface area contributed by atoms with Gasteiger partial charge in [-0.2, -0.15) is 13.2 Å². The standard InChI is InChI=1S/C11H8F3NO/c12-11(13,14)10-6-8(2-1-5-15)3-4-9(10)7-16/h3-4,6-7H,5,15H2. The summed E-state index contributed by atoms with van der Waals surface area (Å²) >= 11 is 0. The van der Waals surface area contributed by atoms with Crippen LogP contribution in [-0.2, 0) is 6.18 Å². The summed E-state index contributed by atoms with van der Waals surface area (Å²) in [4.78, 5) is 10.4. The molecule has 1 aromatic rings. The van der Waals surface area contributed by atoms with Crippen LogP contribution in [0.2, 0.25) is 0 Å². The maximum atomic E-state index is 12.5. The van der Waals surface area contributed by atoms with Crippen LogP contribution in [0.1, 0.15) is 21.5 Å². The molecule has 0 aliphatic heterocycles. The van der Waals surface area contributed by atoms with E-state index in [1.54, 1.807) is 0 Å². The molecule has 0 bridgehead atoms. The summed E-state index contributed by atoms with van der Waals surface area (Å²) in [7, 11) is 0. The molecule has 0 atom stereocenters. The van der Waals surface area contributed by atoms with Crippen molar-refractivity contribution in [3.05, 3.63) is 34.9 Å². The third-order valence-electron chi connectivity index (χ3n) is 1.82. The zero-order valence-corrected chi connectivity index (χ0v) is 8.14. The molecule has 16 heavy (non-hydrogen) atoms. The predicted octanol–water partition coefficient (Wildman–Crippen LogP) is 1.83. The Morgan fingerprint density at radius 1 is 1.38 bits per heavy atom. The van der Waals surface area contributed by atoms with Crippen molar-refractivity contribution >= 4 is 6.29 Å². The topological polar surface area (TPSA) is 43.1 Å². The van der Waals surface area contributed by atoms with Crippen molar-refractivity contribution in [1.29, 1.82) is 0 Å². The highest BCUT2D eigenvalue weighted by atomic mass is 19.4. The molecule has 0 aliphatic rings. The van der Waals surface area contributed by atoms with Crippen molar-refractivity contribution < 1.29 is 18.0 Å². The van der Waals surface area contributed by atoms with E-state index >= 15 is 0 Å². The Kier molecular flexibility index (Phi) is 3.69. The average Bonchev–Trinajstić information content (AvgIpc) is 2.24. The number of aldehydes is 1. The first-order valence-corrected chi connectivity index (χ1v) is 4.34. The molecule has 5 heteroatoms. The van der Waals surface area contributed by atoms with Gasteiger partial charge in [-0.25, -0.2) is 0 Å². The lowest BCUT2D eigenvalue weighted by Gasteiger charge is -2.09. The number of benzene rings is 1. The van der Waals surface area contributed by atoms with E-state index in [4.69, 9.17) is 5.73 Å². The first-order valence-electron chi connectivity index (χ1n) is 4.34. The number of hydrogen-bond acceptors (Lipinski definition) is 2. The minimum Gasteiger partial charge on any atom is -0.320 e. The van der Waals surface area contributed by atoms with Gasteiger partial charge in [-0.3, -0.25) is 4.79 Å². The lowest BCUT2D eigenvalue weighted by atomic mass is 10.0. The average molecular weight is 227 g/mol. The van der Waals surface area contributed by atoms with E-state index < -0.39 is 17.3 Å². The summed E-state index contributed by atoms with van der Waals surface area (Å²) < 4.78 is 37.5. The van der Waals surface area contributed by atoms with Crippen molar-refractivity contribution in [2.24, 2.45) is 5.73 Å². The van der Waals surface area contributed by atoms with E-state index in [-0.39, 0.29) is 18.4 Å². The zero-order valence-electron chi connectivity index (χ0n) is 8.14. The van der Waals surface area contributed by atoms with E-state index in [1.807, 2.05) is 0 Å². The molecule has 2 nitrogen and oxygen atoms in total. The number of carbonyl (C=O) groups excluding carboxylic acids is 1. The van der Waals surface area contributed by atoms with Gasteiger partial charge in [0.05, 0.1) is 12.1 Å². The first-order chi connectivity index (χ1) is 7.49. The molecule has 0 saturated heterocycles. The molecule has 0 aromatic heterocycles. The lowest BCUT2D eigenvalue weighted by molar-refractivity contribution is -0.137. The van der Waals surface area contributed by atoms with Crippen LogP contribution >= 0.6 is 0 Å². The summed E-state index contributed by atoms with van der Waals surface area (Å²) in [6.07, 6.45) is -4.39. The van der Waals surface area contributed by atoms with E-state index in [1.165, 1.54) is 6.07 Å². The number of hydrogen-bond donors (Lipinski definition) is 1. The van der Waals surface area contributed by atoms with Crippen molar-refractivity contribution in [3.8, 4) is 11.8 Å². The van der Waals surface area contributed by atoms with Crippen LogP contribution in [0.4, 0.5) is 13.2 Å². The van der Waals surface area contributed by atoms with Crippen LogP contribution in [0.25, 0.3) is 0 Å². The van der Waals surface area contributed by atoms with E-state index in [2.05, 4.69) is 11.8 Å². The third-order valence-corrected chi connectivity index (χ3v) is 1.82. The molecule has 0 aliphatic carbocycles. The van der Waals surface area contributed by atoms with Crippen LogP contribution in [0.3, 0.4) is 0 Å². The van der Waals surface area contributed by atoms with Gasteiger partial charge in [-0.05, 0) is 18.2 Å². The Morgan fingerprint density at radius 3 is 2.56 bits per heavy atom. The van der Waals surface area contributed by atoms with Gasteiger partial charge in [0.1, 0.15) is 0 Å². The van der Waals surface area contributed by atoms with Crippen LogP contribution in [-0.4, -0.2) is 12.8 Å². The summed E-state index contributed by atoms with van der Waals surface area (Å²) in [5, 5.41) is 0. The Morgan fingerprint density at radius 2 is 2.06 bits per heavy atom. The molecule has 0 unspecified atom stereocenters. The molecule has 0 spiro atoms. The van der Waals surface area contributed by atoms with Gasteiger partial charge >= 0.3 is 6.18 Å². The fraction of sp³-hybridized carbons (Fsp3) is 0.182. The quantitative estimate of drug-likeness (QED) is 0.587. The Labute approximate surface area is 90.3 Å². The third kappa shape index (κ3) is 2.84. The molecule has 0 fully saturated rings. The van der Waals surface area contributed by atoms with Crippen molar-refractivity contribution in [1.82, 2.24) is 0 Å². The molecule has 0 heterocycles. The van der Waals surface area contributed by atoms with Crippen LogP contribution in [0, 0.1) is 11.8 Å². The Bertz CT molecular complexity index is 455. The van der Waals surface area contributed by atoms with Crippen molar-refractivity contribution in [2.75, 3.05) is 6.54 Å². The maximum Gasteiger partial charge on any atom is 0.417 e. The fourth-order valence-electron chi connectivity index (χ4n) is 1.14. The van der Waals surface area contributed by atoms with Crippen LogP contribution in [0.5, 0.6) is 0 Å². The fourth-order valence-corrected chi connectivity index (χ4v) is 1.14. The molecule has 0 radical (unpaired) electrons. The summed E-state index contributed by atoms with van der Waals surface area (Å²) in [5.74, 6) is 4.92. The molecule has 1 rings (SSSR count). The number of alkyl halides is 3. The highest BCUT2D eigenvalue weighted by molar-refractivity contribution is 5.78. The second-order valence-corrected chi connectivity index (χ2v) is 2.92. The highest BCUT2D eigenvalue weighted by Gasteiger charge is 2.33. The lowest BCUT2D eigenvalue weighted by Crippen LogP contribution is -2.09. The minimum atomic E-state index is -4.56. The molecule has 84 valence electrons. The van der Waals surface area contributed by atoms with Gasteiger partial charge in [0.25, 0.3) is 0 Å². The van der Waals surface area contributed by atoms with Gasteiger partial charge < -0.3 is 5.73 Å². The van der Waals surface area contributed by atoms with E-state index in [0.29, 0.717) is 0 Å². The second kappa shape index (κ2) is 4.81. The number of carbonyl (C=O) groups is 1. The molecular formula is C11H8F3NO. The molecule has 0 saturated carbocycles. The Hall–Kier alpha value is -1.80. The number of halogens is 3. The largest absolute Gasteiger partial charge is 0.417 e. The number of rotatable bonds is 1. The summed E-state index contributed by atoms with van der Waals surface area (Å²) in [6.45, 7) is 0.0663. The number of nitrogens with two attached hydrogens (primary N) is 1. The van der Waals surface area contributed by atoms with Crippen LogP contribution < -0.4 is 5.73 Å². The van der Waals surface area contributed by atoms with Crippen LogP contribution in [0.15, 0.2) is 18.2 Å². The van der Waals surface area contributed by atoms with E-state index in [0.717, 1.165) is 12.1 Å². The molecular weight excluding hydrogens is 219 g/mol. The van der Waals surface area contributed by atoms with Gasteiger partial charge in [-0.15, -0.1) is 0 Å². The second-order valence-electron chi connectivity index (χ2n) is 2.92. The molecule has 2 N–H and O–H groups in total. The maximum absolute atomic E-state index is 12.5. The van der Waals surface area contributed by atoms with E-state index in [9.17, 15) is 18.0 Å². The SMILES string of the molecule is NCC#Cc1ccc(C=O)c(C(F)(F)F)c1. The summed E-state index contributed by atoms with van der Waals surface area (Å²) in [6, 6.07) is 3.28. The molecule has 0 amide bonds. The van der Waals surface area contributed by atoms with Crippen molar-refractivity contribution in [2.45, 2.75) is 6.18 Å². The minimum absolute atomic E-state index is 0.0663. The monoisotopic (exact) mass is 227 g/mol. The van der Waals surface area contributed by atoms with Gasteiger partial charge in [0, 0.05) is 11.1 Å².